The van der Waals surface area contributed by atoms with E-state index >= 15 is 0 Å². The highest BCUT2D eigenvalue weighted by Crippen LogP contribution is 2.31. The Morgan fingerprint density at radius 3 is 2.80 bits per heavy atom. The molecule has 20 heavy (non-hydrogen) atoms. The number of hydrogen-bond donors (Lipinski definition) is 1. The fourth-order valence-electron chi connectivity index (χ4n) is 2.00. The summed E-state index contributed by atoms with van der Waals surface area (Å²) in [6.45, 7) is 0. The molecule has 0 saturated carbocycles. The van der Waals surface area contributed by atoms with Gasteiger partial charge in [-0.25, -0.2) is 9.37 Å². The molecule has 0 atom stereocenters. The van der Waals surface area contributed by atoms with Crippen molar-refractivity contribution >= 4 is 67.1 Å². The summed E-state index contributed by atoms with van der Waals surface area (Å²) in [5.41, 5.74) is 7.93. The van der Waals surface area contributed by atoms with E-state index < -0.39 is 0 Å². The quantitative estimate of drug-likeness (QED) is 0.526. The second-order valence-electron chi connectivity index (χ2n) is 4.16. The van der Waals surface area contributed by atoms with Crippen molar-refractivity contribution in [1.82, 2.24) is 9.55 Å². The molecule has 7 heteroatoms. The van der Waals surface area contributed by atoms with Crippen LogP contribution in [0.4, 0.5) is 10.3 Å². The van der Waals surface area contributed by atoms with Crippen LogP contribution < -0.4 is 5.73 Å². The first-order valence-electron chi connectivity index (χ1n) is 5.56. The third kappa shape index (κ3) is 2.29. The molecule has 2 aromatic carbocycles. The number of nitrogens with zero attached hydrogens (tertiary/aromatic N) is 2. The third-order valence-electron chi connectivity index (χ3n) is 2.87. The van der Waals surface area contributed by atoms with Crippen molar-refractivity contribution < 1.29 is 4.39 Å². The van der Waals surface area contributed by atoms with E-state index in [2.05, 4.69) is 20.9 Å². The molecule has 3 nitrogen and oxygen atoms in total. The van der Waals surface area contributed by atoms with Gasteiger partial charge in [-0.1, -0.05) is 11.6 Å². The number of imidazole rings is 1. The molecule has 0 amide bonds. The van der Waals surface area contributed by atoms with Crippen LogP contribution in [0.5, 0.6) is 0 Å². The van der Waals surface area contributed by atoms with Crippen LogP contribution in [0.1, 0.15) is 0 Å². The molecule has 0 saturated heterocycles. The second kappa shape index (κ2) is 5.16. The average Bonchev–Trinajstić information content (AvgIpc) is 2.69. The Labute approximate surface area is 141 Å². The van der Waals surface area contributed by atoms with Crippen molar-refractivity contribution in [1.29, 1.82) is 0 Å². The summed E-state index contributed by atoms with van der Waals surface area (Å²) in [6, 6.07) is 8.41. The zero-order valence-electron chi connectivity index (χ0n) is 9.87. The summed E-state index contributed by atoms with van der Waals surface area (Å²) in [4.78, 5) is 4.27. The highest BCUT2D eigenvalue weighted by atomic mass is 127. The van der Waals surface area contributed by atoms with Gasteiger partial charge in [-0.05, 0) is 62.8 Å². The second-order valence-corrected chi connectivity index (χ2v) is 6.61. The standard InChI is InChI=1S/C13H7BrClFIN3/c14-7-2-1-6(15)3-11(7)20-12-4-8(16)9(17)5-10(12)19-13(20)18/h1-5H,(H2,18,19). The van der Waals surface area contributed by atoms with E-state index in [1.165, 1.54) is 6.07 Å². The molecule has 0 aliphatic heterocycles. The van der Waals surface area contributed by atoms with Gasteiger partial charge < -0.3 is 5.73 Å². The maximum Gasteiger partial charge on any atom is 0.205 e. The monoisotopic (exact) mass is 465 g/mol. The lowest BCUT2D eigenvalue weighted by molar-refractivity contribution is 0.622. The van der Waals surface area contributed by atoms with Gasteiger partial charge >= 0.3 is 0 Å². The van der Waals surface area contributed by atoms with Crippen LogP contribution in [0.2, 0.25) is 5.02 Å². The van der Waals surface area contributed by atoms with Crippen molar-refractivity contribution in [3.05, 3.63) is 49.2 Å². The maximum absolute atomic E-state index is 13.8. The first kappa shape index (κ1) is 14.1. The van der Waals surface area contributed by atoms with Gasteiger partial charge in [0.15, 0.2) is 0 Å². The summed E-state index contributed by atoms with van der Waals surface area (Å²) in [6.07, 6.45) is 0. The number of aromatic nitrogens is 2. The van der Waals surface area contributed by atoms with Crippen molar-refractivity contribution in [3.8, 4) is 5.69 Å². The number of fused-ring (bicyclic) bond motifs is 1. The van der Waals surface area contributed by atoms with Crippen LogP contribution in [-0.4, -0.2) is 9.55 Å². The number of nitrogen functional groups attached to an aromatic ring is 1. The molecule has 1 heterocycles. The molecule has 0 aliphatic rings. The lowest BCUT2D eigenvalue weighted by Gasteiger charge is -2.09. The van der Waals surface area contributed by atoms with Crippen molar-refractivity contribution in [2.45, 2.75) is 0 Å². The molecule has 0 unspecified atom stereocenters. The van der Waals surface area contributed by atoms with Gasteiger partial charge in [0.05, 0.1) is 20.3 Å². The normalized spacial score (nSPS) is 11.2. The number of hydrogen-bond acceptors (Lipinski definition) is 2. The van der Waals surface area contributed by atoms with Gasteiger partial charge in [-0.15, -0.1) is 0 Å². The fraction of sp³-hybridized carbons (Fsp3) is 0. The Morgan fingerprint density at radius 1 is 1.30 bits per heavy atom. The zero-order valence-corrected chi connectivity index (χ0v) is 14.4. The Bertz CT molecular complexity index is 834. The van der Waals surface area contributed by atoms with E-state index in [0.717, 1.165) is 10.2 Å². The van der Waals surface area contributed by atoms with Crippen LogP contribution >= 0.6 is 50.1 Å². The van der Waals surface area contributed by atoms with Crippen LogP contribution in [0, 0.1) is 9.39 Å². The molecule has 0 fully saturated rings. The van der Waals surface area contributed by atoms with Gasteiger partial charge in [0.25, 0.3) is 0 Å². The van der Waals surface area contributed by atoms with E-state index in [1.807, 2.05) is 28.7 Å². The van der Waals surface area contributed by atoms with Crippen LogP contribution in [-0.2, 0) is 0 Å². The van der Waals surface area contributed by atoms with E-state index in [9.17, 15) is 4.39 Å². The molecule has 2 N–H and O–H groups in total. The first-order chi connectivity index (χ1) is 9.47. The highest BCUT2D eigenvalue weighted by Gasteiger charge is 2.15. The molecule has 3 rings (SSSR count). The summed E-state index contributed by atoms with van der Waals surface area (Å²) < 4.78 is 16.8. The predicted octanol–water partition coefficient (Wildman–Crippen LogP) is 4.77. The van der Waals surface area contributed by atoms with Crippen molar-refractivity contribution in [2.75, 3.05) is 5.73 Å². The third-order valence-corrected chi connectivity index (χ3v) is 4.60. The van der Waals surface area contributed by atoms with Gasteiger partial charge in [-0.3, -0.25) is 4.57 Å². The average molecular weight is 466 g/mol. The maximum atomic E-state index is 13.8. The first-order valence-corrected chi connectivity index (χ1v) is 7.81. The predicted molar refractivity (Wildman–Crippen MR) is 90.9 cm³/mol. The number of halogens is 4. The van der Waals surface area contributed by atoms with E-state index in [-0.39, 0.29) is 11.8 Å². The lowest BCUT2D eigenvalue weighted by Crippen LogP contribution is -2.01. The number of benzene rings is 2. The number of rotatable bonds is 1. The SMILES string of the molecule is Nc1nc2cc(I)c(F)cc2n1-c1cc(Cl)ccc1Br. The molecule has 0 aliphatic carbocycles. The zero-order chi connectivity index (χ0) is 14.4. The smallest absolute Gasteiger partial charge is 0.205 e. The highest BCUT2D eigenvalue weighted by molar-refractivity contribution is 14.1. The Kier molecular flexibility index (Phi) is 3.64. The van der Waals surface area contributed by atoms with Crippen LogP contribution in [0.25, 0.3) is 16.7 Å². The van der Waals surface area contributed by atoms with Gasteiger partial charge in [0, 0.05) is 15.6 Å². The minimum Gasteiger partial charge on any atom is -0.369 e. The summed E-state index contributed by atoms with van der Waals surface area (Å²) >= 11 is 11.4. The molecule has 0 spiro atoms. The molecule has 1 aromatic heterocycles. The van der Waals surface area contributed by atoms with Gasteiger partial charge in [0.2, 0.25) is 5.95 Å². The summed E-state index contributed by atoms with van der Waals surface area (Å²) in [5, 5.41) is 0.565. The molecular formula is C13H7BrClFIN3. The van der Waals surface area contributed by atoms with Crippen LogP contribution in [0.3, 0.4) is 0 Å². The number of nitrogens with two attached hydrogens (primary N) is 1. The van der Waals surface area contributed by atoms with Gasteiger partial charge in [-0.2, -0.15) is 0 Å². The Morgan fingerprint density at radius 2 is 2.05 bits per heavy atom. The van der Waals surface area contributed by atoms with E-state index in [4.69, 9.17) is 17.3 Å². The minimum atomic E-state index is -0.308. The van der Waals surface area contributed by atoms with Crippen molar-refractivity contribution in [2.24, 2.45) is 0 Å². The molecule has 0 radical (unpaired) electrons. The number of anilines is 1. The molecule has 0 bridgehead atoms. The fourth-order valence-corrected chi connectivity index (χ4v) is 3.04. The molecule has 3 aromatic rings. The Hall–Kier alpha value is -0.860. The van der Waals surface area contributed by atoms with E-state index in [0.29, 0.717) is 19.6 Å². The lowest BCUT2D eigenvalue weighted by atomic mass is 10.2. The van der Waals surface area contributed by atoms with Gasteiger partial charge in [0.1, 0.15) is 5.82 Å². The topological polar surface area (TPSA) is 43.8 Å². The largest absolute Gasteiger partial charge is 0.369 e. The van der Waals surface area contributed by atoms with Crippen LogP contribution in [0.15, 0.2) is 34.8 Å². The minimum absolute atomic E-state index is 0.282. The van der Waals surface area contributed by atoms with E-state index in [1.54, 1.807) is 22.8 Å². The molecular weight excluding hydrogens is 459 g/mol. The molecule has 102 valence electrons. The van der Waals surface area contributed by atoms with Crippen molar-refractivity contribution in [3.63, 3.8) is 0 Å². The Balaban J connectivity index is 2.38. The summed E-state index contributed by atoms with van der Waals surface area (Å²) in [5.74, 6) is -0.0261. The summed E-state index contributed by atoms with van der Waals surface area (Å²) in [7, 11) is 0.